The molecular weight excluding hydrogens is 418 g/mol. The van der Waals surface area contributed by atoms with Gasteiger partial charge in [0.1, 0.15) is 0 Å². The van der Waals surface area contributed by atoms with Gasteiger partial charge in [0.15, 0.2) is 29.6 Å². The fourth-order valence-corrected chi connectivity index (χ4v) is 3.39. The molecule has 0 aliphatic rings. The van der Waals surface area contributed by atoms with Gasteiger partial charge in [-0.2, -0.15) is 0 Å². The second-order valence-electron chi connectivity index (χ2n) is 10.0. The van der Waals surface area contributed by atoms with Gasteiger partial charge in [-0.25, -0.2) is 0 Å². The van der Waals surface area contributed by atoms with Crippen LogP contribution < -0.4 is 24.3 Å². The molecule has 0 atom stereocenters. The maximum atomic E-state index is 12.4. The van der Waals surface area contributed by atoms with Crippen LogP contribution in [0.25, 0.3) is 0 Å². The molecule has 0 heterocycles. The molecule has 0 aliphatic carbocycles. The molecule has 33 heavy (non-hydrogen) atoms. The van der Waals surface area contributed by atoms with Gasteiger partial charge in [-0.15, -0.1) is 0 Å². The molecule has 0 unspecified atom stereocenters. The molecule has 2 aromatic rings. The van der Waals surface area contributed by atoms with Gasteiger partial charge in [0.25, 0.3) is 5.91 Å². The number of hydrogen-bond acceptors (Lipinski definition) is 5. The highest BCUT2D eigenvalue weighted by Crippen LogP contribution is 2.33. The molecule has 1 N–H and O–H groups in total. The summed E-state index contributed by atoms with van der Waals surface area (Å²) >= 11 is 0. The topological polar surface area (TPSA) is 66.0 Å². The number of aryl methyl sites for hydroxylation is 1. The number of carbonyl (C=O) groups excluding carboxylic acids is 1. The number of benzene rings is 2. The fraction of sp³-hybridized carbons (Fsp3) is 0.519. The normalized spacial score (nSPS) is 11.6. The summed E-state index contributed by atoms with van der Waals surface area (Å²) < 4.78 is 21.9. The third-order valence-corrected chi connectivity index (χ3v) is 5.69. The lowest BCUT2D eigenvalue weighted by molar-refractivity contribution is -0.123. The van der Waals surface area contributed by atoms with Crippen LogP contribution in [0.5, 0.6) is 23.0 Å². The fourth-order valence-electron chi connectivity index (χ4n) is 3.39. The van der Waals surface area contributed by atoms with Crippen molar-refractivity contribution in [2.24, 2.45) is 5.41 Å². The van der Waals surface area contributed by atoms with E-state index < -0.39 is 0 Å². The number of hydrogen-bond donors (Lipinski definition) is 1. The van der Waals surface area contributed by atoms with Crippen LogP contribution in [0.1, 0.15) is 52.2 Å². The van der Waals surface area contributed by atoms with E-state index >= 15 is 0 Å². The van der Waals surface area contributed by atoms with Crippen LogP contribution >= 0.6 is 0 Å². The molecule has 1 amide bonds. The van der Waals surface area contributed by atoms with Gasteiger partial charge in [0, 0.05) is 6.54 Å². The Morgan fingerprint density at radius 2 is 1.42 bits per heavy atom. The van der Waals surface area contributed by atoms with Crippen LogP contribution in [-0.2, 0) is 16.6 Å². The summed E-state index contributed by atoms with van der Waals surface area (Å²) in [5, 5.41) is 2.99. The van der Waals surface area contributed by atoms with Crippen molar-refractivity contribution < 1.29 is 23.7 Å². The minimum absolute atomic E-state index is 0.00567. The van der Waals surface area contributed by atoms with Crippen LogP contribution in [0.4, 0.5) is 0 Å². The molecule has 0 spiro atoms. The van der Waals surface area contributed by atoms with E-state index in [1.807, 2.05) is 36.4 Å². The van der Waals surface area contributed by atoms with Gasteiger partial charge < -0.3 is 24.3 Å². The van der Waals surface area contributed by atoms with E-state index in [0.717, 1.165) is 29.9 Å². The first kappa shape index (κ1) is 26.4. The van der Waals surface area contributed by atoms with Crippen molar-refractivity contribution in [3.63, 3.8) is 0 Å². The van der Waals surface area contributed by atoms with E-state index in [-0.39, 0.29) is 23.3 Å². The molecule has 0 aromatic heterocycles. The lowest BCUT2D eigenvalue weighted by atomic mass is 9.86. The number of carbonyl (C=O) groups is 1. The highest BCUT2D eigenvalue weighted by Gasteiger charge is 2.20. The van der Waals surface area contributed by atoms with Gasteiger partial charge >= 0.3 is 0 Å². The SMILES string of the molecule is COc1ccc(CCC(C)(C)CNC(=O)COc2ccc(C(C)(C)C)cc2OC)cc1OC. The molecular formula is C27H39NO5. The van der Waals surface area contributed by atoms with Crippen LogP contribution in [0.3, 0.4) is 0 Å². The van der Waals surface area contributed by atoms with Gasteiger partial charge in [-0.3, -0.25) is 4.79 Å². The van der Waals surface area contributed by atoms with E-state index in [1.54, 1.807) is 21.3 Å². The van der Waals surface area contributed by atoms with E-state index in [2.05, 4.69) is 39.9 Å². The molecule has 0 saturated heterocycles. The van der Waals surface area contributed by atoms with Crippen LogP contribution in [0, 0.1) is 5.41 Å². The average Bonchev–Trinajstić information content (AvgIpc) is 2.79. The molecule has 0 fully saturated rings. The zero-order valence-corrected chi connectivity index (χ0v) is 21.3. The molecule has 0 radical (unpaired) electrons. The Morgan fingerprint density at radius 1 is 0.818 bits per heavy atom. The van der Waals surface area contributed by atoms with Crippen LogP contribution in [0.2, 0.25) is 0 Å². The highest BCUT2D eigenvalue weighted by atomic mass is 16.5. The number of ether oxygens (including phenoxy) is 4. The van der Waals surface area contributed by atoms with Crippen molar-refractivity contribution in [1.82, 2.24) is 5.32 Å². The smallest absolute Gasteiger partial charge is 0.257 e. The standard InChI is InChI=1S/C27H39NO5/c1-26(2,3)20-10-12-22(24(16-20)32-8)33-17-25(29)28-18-27(4,5)14-13-19-9-11-21(30-6)23(15-19)31-7/h9-12,15-16H,13-14,17-18H2,1-8H3,(H,28,29). The molecule has 6 heteroatoms. The summed E-state index contributed by atoms with van der Waals surface area (Å²) in [7, 11) is 4.87. The Morgan fingerprint density at radius 3 is 2.03 bits per heavy atom. The predicted octanol–water partition coefficient (Wildman–Crippen LogP) is 5.16. The van der Waals surface area contributed by atoms with Crippen molar-refractivity contribution in [1.29, 1.82) is 0 Å². The first-order chi connectivity index (χ1) is 15.5. The Kier molecular flexibility index (Phi) is 9.03. The quantitative estimate of drug-likeness (QED) is 0.505. The number of nitrogens with one attached hydrogen (secondary N) is 1. The Hall–Kier alpha value is -2.89. The number of rotatable bonds is 11. The lowest BCUT2D eigenvalue weighted by Gasteiger charge is -2.25. The minimum Gasteiger partial charge on any atom is -0.493 e. The highest BCUT2D eigenvalue weighted by molar-refractivity contribution is 5.77. The van der Waals surface area contributed by atoms with E-state index in [1.165, 1.54) is 5.56 Å². The molecule has 0 aliphatic heterocycles. The van der Waals surface area contributed by atoms with Gasteiger partial charge in [0.2, 0.25) is 0 Å². The van der Waals surface area contributed by atoms with Gasteiger partial charge in [-0.05, 0) is 59.1 Å². The van der Waals surface area contributed by atoms with Crippen molar-refractivity contribution >= 4 is 5.91 Å². The summed E-state index contributed by atoms with van der Waals surface area (Å²) in [6, 6.07) is 11.8. The summed E-state index contributed by atoms with van der Waals surface area (Å²) in [6.45, 7) is 11.2. The molecule has 0 bridgehead atoms. The summed E-state index contributed by atoms with van der Waals surface area (Å²) in [4.78, 5) is 12.4. The number of amides is 1. The second kappa shape index (κ2) is 11.3. The van der Waals surface area contributed by atoms with Gasteiger partial charge in [0.05, 0.1) is 21.3 Å². The summed E-state index contributed by atoms with van der Waals surface area (Å²) in [5.41, 5.74) is 2.24. The zero-order valence-electron chi connectivity index (χ0n) is 21.3. The van der Waals surface area contributed by atoms with Crippen LogP contribution in [-0.4, -0.2) is 40.4 Å². The summed E-state index contributed by atoms with van der Waals surface area (Å²) in [6.07, 6.45) is 1.78. The molecule has 2 aromatic carbocycles. The third-order valence-electron chi connectivity index (χ3n) is 5.69. The first-order valence-electron chi connectivity index (χ1n) is 11.3. The summed E-state index contributed by atoms with van der Waals surface area (Å²) in [5.74, 6) is 2.48. The average molecular weight is 458 g/mol. The lowest BCUT2D eigenvalue weighted by Crippen LogP contribution is -2.37. The number of methoxy groups -OCH3 is 3. The van der Waals surface area contributed by atoms with E-state index in [9.17, 15) is 4.79 Å². The molecule has 182 valence electrons. The van der Waals surface area contributed by atoms with Crippen molar-refractivity contribution in [2.45, 2.75) is 52.9 Å². The Balaban J connectivity index is 1.86. The largest absolute Gasteiger partial charge is 0.493 e. The van der Waals surface area contributed by atoms with Crippen LogP contribution in [0.15, 0.2) is 36.4 Å². The maximum absolute atomic E-state index is 12.4. The van der Waals surface area contributed by atoms with Crippen molar-refractivity contribution in [2.75, 3.05) is 34.5 Å². The minimum atomic E-state index is -0.156. The third kappa shape index (κ3) is 7.88. The first-order valence-corrected chi connectivity index (χ1v) is 11.3. The Bertz CT molecular complexity index is 931. The molecule has 6 nitrogen and oxygen atoms in total. The maximum Gasteiger partial charge on any atom is 0.257 e. The monoisotopic (exact) mass is 457 g/mol. The predicted molar refractivity (Wildman–Crippen MR) is 132 cm³/mol. The second-order valence-corrected chi connectivity index (χ2v) is 10.0. The van der Waals surface area contributed by atoms with Crippen molar-refractivity contribution in [3.05, 3.63) is 47.5 Å². The Labute approximate surface area is 198 Å². The van der Waals surface area contributed by atoms with E-state index in [0.29, 0.717) is 18.0 Å². The van der Waals surface area contributed by atoms with Gasteiger partial charge in [-0.1, -0.05) is 46.8 Å². The van der Waals surface area contributed by atoms with Crippen molar-refractivity contribution in [3.8, 4) is 23.0 Å². The molecule has 0 saturated carbocycles. The molecule has 2 rings (SSSR count). The van der Waals surface area contributed by atoms with E-state index in [4.69, 9.17) is 18.9 Å². The zero-order chi connectivity index (χ0) is 24.6.